The van der Waals surface area contributed by atoms with Gasteiger partial charge in [-0.05, 0) is 37.6 Å². The van der Waals surface area contributed by atoms with E-state index in [4.69, 9.17) is 5.11 Å². The summed E-state index contributed by atoms with van der Waals surface area (Å²) in [5.41, 5.74) is 2.27. The van der Waals surface area contributed by atoms with Crippen molar-refractivity contribution in [3.8, 4) is 0 Å². The first-order valence-electron chi connectivity index (χ1n) is 6.07. The highest BCUT2D eigenvalue weighted by Crippen LogP contribution is 2.27. The molecular formula is C15H15NO2S. The van der Waals surface area contributed by atoms with Crippen molar-refractivity contribution < 1.29 is 9.90 Å². The highest BCUT2D eigenvalue weighted by Gasteiger charge is 2.09. The average molecular weight is 273 g/mol. The average Bonchev–Trinajstić information content (AvgIpc) is 2.38. The maximum absolute atomic E-state index is 11.1. The van der Waals surface area contributed by atoms with E-state index in [0.717, 1.165) is 22.0 Å². The van der Waals surface area contributed by atoms with E-state index < -0.39 is 5.97 Å². The Bertz CT molecular complexity index is 611. The Morgan fingerprint density at radius 1 is 1.32 bits per heavy atom. The molecule has 0 fully saturated rings. The Morgan fingerprint density at radius 3 is 2.74 bits per heavy atom. The molecule has 0 aliphatic carbocycles. The molecule has 19 heavy (non-hydrogen) atoms. The molecule has 2 rings (SSSR count). The number of benzene rings is 1. The molecule has 0 saturated heterocycles. The molecule has 0 atom stereocenters. The molecule has 1 aromatic carbocycles. The standard InChI is InChI=1S/C15H15NO2S/c1-3-12-8-11(15(17)18)9-14(16-12)19-13-6-4-5-10(2)7-13/h4-9H,3H2,1-2H3,(H,17,18). The van der Waals surface area contributed by atoms with Crippen LogP contribution >= 0.6 is 11.8 Å². The Kier molecular flexibility index (Phi) is 4.22. The minimum absolute atomic E-state index is 0.294. The highest BCUT2D eigenvalue weighted by atomic mass is 32.2. The highest BCUT2D eigenvalue weighted by molar-refractivity contribution is 7.99. The van der Waals surface area contributed by atoms with Crippen LogP contribution in [0.1, 0.15) is 28.5 Å². The molecule has 98 valence electrons. The maximum atomic E-state index is 11.1. The zero-order valence-electron chi connectivity index (χ0n) is 10.9. The van der Waals surface area contributed by atoms with Crippen molar-refractivity contribution >= 4 is 17.7 Å². The van der Waals surface area contributed by atoms with Gasteiger partial charge in [-0.1, -0.05) is 36.4 Å². The van der Waals surface area contributed by atoms with Crippen molar-refractivity contribution in [3.63, 3.8) is 0 Å². The van der Waals surface area contributed by atoms with Crippen molar-refractivity contribution in [2.75, 3.05) is 0 Å². The van der Waals surface area contributed by atoms with Crippen LogP contribution in [0.25, 0.3) is 0 Å². The third-order valence-corrected chi connectivity index (χ3v) is 3.58. The normalized spacial score (nSPS) is 10.4. The van der Waals surface area contributed by atoms with E-state index in [9.17, 15) is 4.79 Å². The van der Waals surface area contributed by atoms with E-state index in [-0.39, 0.29) is 0 Å². The fraction of sp³-hybridized carbons (Fsp3) is 0.200. The third-order valence-electron chi connectivity index (χ3n) is 2.68. The van der Waals surface area contributed by atoms with Crippen LogP contribution in [0.2, 0.25) is 0 Å². The van der Waals surface area contributed by atoms with Gasteiger partial charge in [-0.15, -0.1) is 0 Å². The fourth-order valence-electron chi connectivity index (χ4n) is 1.72. The van der Waals surface area contributed by atoms with Crippen LogP contribution in [0, 0.1) is 6.92 Å². The molecule has 1 N–H and O–H groups in total. The number of carboxylic acids is 1. The molecule has 0 saturated carbocycles. The van der Waals surface area contributed by atoms with E-state index in [1.165, 1.54) is 17.3 Å². The van der Waals surface area contributed by atoms with Crippen molar-refractivity contribution in [1.82, 2.24) is 4.98 Å². The molecule has 0 radical (unpaired) electrons. The van der Waals surface area contributed by atoms with Gasteiger partial charge >= 0.3 is 5.97 Å². The summed E-state index contributed by atoms with van der Waals surface area (Å²) in [4.78, 5) is 16.6. The number of hydrogen-bond acceptors (Lipinski definition) is 3. The van der Waals surface area contributed by atoms with Crippen LogP contribution in [-0.4, -0.2) is 16.1 Å². The lowest BCUT2D eigenvalue weighted by atomic mass is 10.2. The monoisotopic (exact) mass is 273 g/mol. The molecular weight excluding hydrogens is 258 g/mol. The zero-order chi connectivity index (χ0) is 13.8. The lowest BCUT2D eigenvalue weighted by Gasteiger charge is -2.06. The summed E-state index contributed by atoms with van der Waals surface area (Å²) in [7, 11) is 0. The van der Waals surface area contributed by atoms with Gasteiger partial charge in [-0.25, -0.2) is 9.78 Å². The Hall–Kier alpha value is -1.81. The molecule has 1 heterocycles. The van der Waals surface area contributed by atoms with Crippen LogP contribution in [0.15, 0.2) is 46.3 Å². The first-order valence-corrected chi connectivity index (χ1v) is 6.89. The SMILES string of the molecule is CCc1cc(C(=O)O)cc(Sc2cccc(C)c2)n1. The summed E-state index contributed by atoms with van der Waals surface area (Å²) >= 11 is 1.49. The summed E-state index contributed by atoms with van der Waals surface area (Å²) in [6.45, 7) is 4.00. The van der Waals surface area contributed by atoms with Gasteiger partial charge in [0.15, 0.2) is 0 Å². The van der Waals surface area contributed by atoms with E-state index in [2.05, 4.69) is 11.1 Å². The summed E-state index contributed by atoms with van der Waals surface area (Å²) in [6, 6.07) is 11.3. The van der Waals surface area contributed by atoms with Gasteiger partial charge in [-0.3, -0.25) is 0 Å². The second kappa shape index (κ2) is 5.89. The van der Waals surface area contributed by atoms with Crippen LogP contribution in [0.4, 0.5) is 0 Å². The van der Waals surface area contributed by atoms with Crippen molar-refractivity contribution in [2.24, 2.45) is 0 Å². The predicted octanol–water partition coefficient (Wildman–Crippen LogP) is 3.80. The first kappa shape index (κ1) is 13.6. The number of aromatic nitrogens is 1. The van der Waals surface area contributed by atoms with Gasteiger partial charge in [0.1, 0.15) is 5.03 Å². The van der Waals surface area contributed by atoms with Gasteiger partial charge in [0.25, 0.3) is 0 Å². The molecule has 3 nitrogen and oxygen atoms in total. The Balaban J connectivity index is 2.34. The van der Waals surface area contributed by atoms with Crippen LogP contribution in [-0.2, 0) is 6.42 Å². The molecule has 0 aliphatic heterocycles. The van der Waals surface area contributed by atoms with E-state index >= 15 is 0 Å². The zero-order valence-corrected chi connectivity index (χ0v) is 11.7. The molecule has 0 unspecified atom stereocenters. The second-order valence-electron chi connectivity index (χ2n) is 4.26. The van der Waals surface area contributed by atoms with Crippen molar-refractivity contribution in [3.05, 3.63) is 53.2 Å². The lowest BCUT2D eigenvalue weighted by Crippen LogP contribution is -2.00. The summed E-state index contributed by atoms with van der Waals surface area (Å²) in [5.74, 6) is -0.914. The van der Waals surface area contributed by atoms with Gasteiger partial charge in [0, 0.05) is 10.6 Å². The number of aryl methyl sites for hydroxylation is 2. The minimum Gasteiger partial charge on any atom is -0.478 e. The number of carboxylic acid groups (broad SMARTS) is 1. The minimum atomic E-state index is -0.914. The summed E-state index contributed by atoms with van der Waals surface area (Å²) < 4.78 is 0. The smallest absolute Gasteiger partial charge is 0.335 e. The summed E-state index contributed by atoms with van der Waals surface area (Å²) in [5, 5.41) is 9.83. The second-order valence-corrected chi connectivity index (χ2v) is 5.36. The number of carbonyl (C=O) groups is 1. The van der Waals surface area contributed by atoms with Gasteiger partial charge in [-0.2, -0.15) is 0 Å². The van der Waals surface area contributed by atoms with E-state index in [1.54, 1.807) is 12.1 Å². The molecule has 0 amide bonds. The van der Waals surface area contributed by atoms with Gasteiger partial charge < -0.3 is 5.11 Å². The topological polar surface area (TPSA) is 50.2 Å². The first-order chi connectivity index (χ1) is 9.08. The van der Waals surface area contributed by atoms with Gasteiger partial charge in [0.05, 0.1) is 5.56 Å². The molecule has 0 aliphatic rings. The van der Waals surface area contributed by atoms with E-state index in [1.807, 2.05) is 32.0 Å². The van der Waals surface area contributed by atoms with E-state index in [0.29, 0.717) is 5.56 Å². The number of aromatic carboxylic acids is 1. The van der Waals surface area contributed by atoms with Crippen LogP contribution in [0.5, 0.6) is 0 Å². The maximum Gasteiger partial charge on any atom is 0.335 e. The third kappa shape index (κ3) is 3.58. The molecule has 1 aromatic heterocycles. The van der Waals surface area contributed by atoms with Gasteiger partial charge in [0.2, 0.25) is 0 Å². The number of nitrogens with zero attached hydrogens (tertiary/aromatic N) is 1. The molecule has 0 bridgehead atoms. The quantitative estimate of drug-likeness (QED) is 0.920. The fourth-order valence-corrected chi connectivity index (χ4v) is 2.70. The predicted molar refractivity (Wildman–Crippen MR) is 75.9 cm³/mol. The van der Waals surface area contributed by atoms with Crippen molar-refractivity contribution in [1.29, 1.82) is 0 Å². The largest absolute Gasteiger partial charge is 0.478 e. The molecule has 2 aromatic rings. The van der Waals surface area contributed by atoms with Crippen molar-refractivity contribution in [2.45, 2.75) is 30.2 Å². The van der Waals surface area contributed by atoms with Crippen LogP contribution in [0.3, 0.4) is 0 Å². The molecule has 4 heteroatoms. The molecule has 0 spiro atoms. The number of rotatable bonds is 4. The summed E-state index contributed by atoms with van der Waals surface area (Å²) in [6.07, 6.45) is 0.725. The number of hydrogen-bond donors (Lipinski definition) is 1. The Morgan fingerprint density at radius 2 is 2.11 bits per heavy atom. The number of pyridine rings is 1. The Labute approximate surface area is 116 Å². The van der Waals surface area contributed by atoms with Crippen LogP contribution < -0.4 is 0 Å². The lowest BCUT2D eigenvalue weighted by molar-refractivity contribution is 0.0696.